The maximum absolute atomic E-state index is 12.6. The summed E-state index contributed by atoms with van der Waals surface area (Å²) in [6, 6.07) is 11.2. The van der Waals surface area contributed by atoms with Gasteiger partial charge in [-0.2, -0.15) is 0 Å². The number of hydrogen-bond acceptors (Lipinski definition) is 6. The van der Waals surface area contributed by atoms with Gasteiger partial charge in [0.05, 0.1) is 33.4 Å². The van der Waals surface area contributed by atoms with Crippen LogP contribution in [0, 0.1) is 13.8 Å². The largest absolute Gasteiger partial charge is 0.493 e. The average molecular weight is 396 g/mol. The van der Waals surface area contributed by atoms with E-state index < -0.39 is 0 Å². The Balaban J connectivity index is 1.79. The lowest BCUT2D eigenvalue weighted by molar-refractivity contribution is -0.115. The SMILES string of the molecule is COc1cc(NC(=O)Cc2nc(-c3ccccc3C)oc2C)cc(OC)c1OC. The van der Waals surface area contributed by atoms with Crippen molar-refractivity contribution in [3.8, 4) is 28.7 Å². The fourth-order valence-electron chi connectivity index (χ4n) is 3.03. The van der Waals surface area contributed by atoms with Crippen molar-refractivity contribution in [2.75, 3.05) is 26.6 Å². The van der Waals surface area contributed by atoms with Crippen LogP contribution in [0.5, 0.6) is 17.2 Å². The molecule has 0 unspecified atom stereocenters. The third kappa shape index (κ3) is 4.34. The van der Waals surface area contributed by atoms with E-state index in [4.69, 9.17) is 18.6 Å². The summed E-state index contributed by atoms with van der Waals surface area (Å²) in [7, 11) is 4.57. The minimum Gasteiger partial charge on any atom is -0.493 e. The number of aromatic nitrogens is 1. The van der Waals surface area contributed by atoms with Gasteiger partial charge in [-0.05, 0) is 25.5 Å². The predicted octanol–water partition coefficient (Wildman–Crippen LogP) is 4.17. The number of anilines is 1. The first-order chi connectivity index (χ1) is 14.0. The van der Waals surface area contributed by atoms with Crippen LogP contribution in [-0.4, -0.2) is 32.2 Å². The molecular formula is C22H24N2O5. The third-order valence-electron chi connectivity index (χ3n) is 4.54. The zero-order valence-electron chi connectivity index (χ0n) is 17.2. The molecule has 0 spiro atoms. The van der Waals surface area contributed by atoms with Crippen molar-refractivity contribution in [1.29, 1.82) is 0 Å². The van der Waals surface area contributed by atoms with Crippen LogP contribution in [0.3, 0.4) is 0 Å². The lowest BCUT2D eigenvalue weighted by Crippen LogP contribution is -2.15. The highest BCUT2D eigenvalue weighted by atomic mass is 16.5. The molecule has 7 nitrogen and oxygen atoms in total. The van der Waals surface area contributed by atoms with Crippen LogP contribution in [0.25, 0.3) is 11.5 Å². The van der Waals surface area contributed by atoms with Crippen LogP contribution in [0.4, 0.5) is 5.69 Å². The summed E-state index contributed by atoms with van der Waals surface area (Å²) in [4.78, 5) is 17.1. The Morgan fingerprint density at radius 2 is 1.69 bits per heavy atom. The van der Waals surface area contributed by atoms with Gasteiger partial charge in [0.25, 0.3) is 0 Å². The van der Waals surface area contributed by atoms with Gasteiger partial charge in [0, 0.05) is 23.4 Å². The highest BCUT2D eigenvalue weighted by molar-refractivity contribution is 5.93. The highest BCUT2D eigenvalue weighted by Crippen LogP contribution is 2.40. The summed E-state index contributed by atoms with van der Waals surface area (Å²) < 4.78 is 21.7. The Labute approximate surface area is 169 Å². The van der Waals surface area contributed by atoms with Crippen molar-refractivity contribution in [2.45, 2.75) is 20.3 Å². The Bertz CT molecular complexity index is 1000. The molecule has 0 radical (unpaired) electrons. The van der Waals surface area contributed by atoms with Gasteiger partial charge in [-0.3, -0.25) is 4.79 Å². The zero-order chi connectivity index (χ0) is 21.0. The molecule has 0 bridgehead atoms. The number of aryl methyl sites for hydroxylation is 2. The molecule has 2 aromatic carbocycles. The summed E-state index contributed by atoms with van der Waals surface area (Å²) >= 11 is 0. The lowest BCUT2D eigenvalue weighted by atomic mass is 10.1. The molecule has 0 aliphatic rings. The number of rotatable bonds is 7. The number of nitrogens with zero attached hydrogens (tertiary/aromatic N) is 1. The molecule has 0 fully saturated rings. The first kappa shape index (κ1) is 20.3. The summed E-state index contributed by atoms with van der Waals surface area (Å²) in [5.41, 5.74) is 3.09. The summed E-state index contributed by atoms with van der Waals surface area (Å²) in [6.45, 7) is 3.79. The molecule has 1 aromatic heterocycles. The second kappa shape index (κ2) is 8.68. The predicted molar refractivity (Wildman–Crippen MR) is 110 cm³/mol. The van der Waals surface area contributed by atoms with Gasteiger partial charge >= 0.3 is 0 Å². The van der Waals surface area contributed by atoms with E-state index >= 15 is 0 Å². The highest BCUT2D eigenvalue weighted by Gasteiger charge is 2.18. The fraction of sp³-hybridized carbons (Fsp3) is 0.273. The van der Waals surface area contributed by atoms with E-state index in [9.17, 15) is 4.79 Å². The maximum atomic E-state index is 12.6. The molecule has 29 heavy (non-hydrogen) atoms. The van der Waals surface area contributed by atoms with Gasteiger partial charge in [0.1, 0.15) is 5.76 Å². The third-order valence-corrected chi connectivity index (χ3v) is 4.54. The number of oxazole rings is 1. The normalized spacial score (nSPS) is 10.5. The topological polar surface area (TPSA) is 82.8 Å². The molecule has 1 N–H and O–H groups in total. The number of benzene rings is 2. The number of amides is 1. The van der Waals surface area contributed by atoms with Gasteiger partial charge in [-0.15, -0.1) is 0 Å². The van der Waals surface area contributed by atoms with Crippen molar-refractivity contribution in [3.63, 3.8) is 0 Å². The molecule has 152 valence electrons. The number of ether oxygens (including phenoxy) is 3. The van der Waals surface area contributed by atoms with Crippen molar-refractivity contribution in [1.82, 2.24) is 4.98 Å². The second-order valence-corrected chi connectivity index (χ2v) is 6.48. The summed E-state index contributed by atoms with van der Waals surface area (Å²) in [5, 5.41) is 2.84. The van der Waals surface area contributed by atoms with Crippen molar-refractivity contribution in [3.05, 3.63) is 53.4 Å². The summed E-state index contributed by atoms with van der Waals surface area (Å²) in [5.74, 6) is 2.28. The average Bonchev–Trinajstić information content (AvgIpc) is 3.07. The van der Waals surface area contributed by atoms with Crippen LogP contribution in [0.1, 0.15) is 17.0 Å². The minimum absolute atomic E-state index is 0.0812. The van der Waals surface area contributed by atoms with E-state index in [1.165, 1.54) is 21.3 Å². The first-order valence-electron chi connectivity index (χ1n) is 9.09. The van der Waals surface area contributed by atoms with E-state index in [2.05, 4.69) is 10.3 Å². The van der Waals surface area contributed by atoms with E-state index in [0.29, 0.717) is 40.3 Å². The van der Waals surface area contributed by atoms with Gasteiger partial charge < -0.3 is 23.9 Å². The zero-order valence-corrected chi connectivity index (χ0v) is 17.2. The minimum atomic E-state index is -0.230. The molecule has 1 heterocycles. The van der Waals surface area contributed by atoms with Crippen molar-refractivity contribution in [2.24, 2.45) is 0 Å². The van der Waals surface area contributed by atoms with Crippen molar-refractivity contribution >= 4 is 11.6 Å². The monoisotopic (exact) mass is 396 g/mol. The first-order valence-corrected chi connectivity index (χ1v) is 9.09. The Kier molecular flexibility index (Phi) is 6.07. The fourth-order valence-corrected chi connectivity index (χ4v) is 3.03. The quantitative estimate of drug-likeness (QED) is 0.646. The smallest absolute Gasteiger partial charge is 0.230 e. The molecule has 0 saturated heterocycles. The Morgan fingerprint density at radius 1 is 1.03 bits per heavy atom. The number of nitrogens with one attached hydrogen (secondary N) is 1. The molecule has 7 heteroatoms. The molecule has 0 atom stereocenters. The molecule has 0 aliphatic heterocycles. The van der Waals surface area contributed by atoms with Crippen LogP contribution in [0.15, 0.2) is 40.8 Å². The number of carbonyl (C=O) groups excluding carboxylic acids is 1. The molecular weight excluding hydrogens is 372 g/mol. The van der Waals surface area contributed by atoms with E-state index in [-0.39, 0.29) is 12.3 Å². The van der Waals surface area contributed by atoms with E-state index in [1.807, 2.05) is 31.2 Å². The Hall–Kier alpha value is -3.48. The van der Waals surface area contributed by atoms with Gasteiger partial charge in [0.2, 0.25) is 17.5 Å². The van der Waals surface area contributed by atoms with Crippen LogP contribution in [0.2, 0.25) is 0 Å². The second-order valence-electron chi connectivity index (χ2n) is 6.48. The van der Waals surface area contributed by atoms with Crippen LogP contribution < -0.4 is 19.5 Å². The van der Waals surface area contributed by atoms with E-state index in [0.717, 1.165) is 11.1 Å². The maximum Gasteiger partial charge on any atom is 0.230 e. The number of carbonyl (C=O) groups is 1. The molecule has 3 rings (SSSR count). The standard InChI is InChI=1S/C22H24N2O5/c1-13-8-6-7-9-16(13)22-24-17(14(2)29-22)12-20(25)23-15-10-18(26-3)21(28-5)19(11-15)27-4/h6-11H,12H2,1-5H3,(H,23,25). The van der Waals surface area contributed by atoms with Gasteiger partial charge in [-0.1, -0.05) is 18.2 Å². The van der Waals surface area contributed by atoms with Crippen LogP contribution in [-0.2, 0) is 11.2 Å². The molecule has 3 aromatic rings. The van der Waals surface area contributed by atoms with Crippen LogP contribution >= 0.6 is 0 Å². The Morgan fingerprint density at radius 3 is 2.28 bits per heavy atom. The van der Waals surface area contributed by atoms with Crippen molar-refractivity contribution < 1.29 is 23.4 Å². The lowest BCUT2D eigenvalue weighted by Gasteiger charge is -2.14. The van der Waals surface area contributed by atoms with Gasteiger partial charge in [-0.25, -0.2) is 4.98 Å². The number of methoxy groups -OCH3 is 3. The number of hydrogen-bond donors (Lipinski definition) is 1. The van der Waals surface area contributed by atoms with E-state index in [1.54, 1.807) is 19.1 Å². The van der Waals surface area contributed by atoms with Gasteiger partial charge in [0.15, 0.2) is 11.5 Å². The molecule has 0 saturated carbocycles. The summed E-state index contributed by atoms with van der Waals surface area (Å²) in [6.07, 6.45) is 0.0812. The molecule has 0 aliphatic carbocycles. The molecule has 1 amide bonds.